The molecule has 0 bridgehead atoms. The zero-order chi connectivity index (χ0) is 19.0. The van der Waals surface area contributed by atoms with Crippen LogP contribution < -0.4 is 10.1 Å². The Balaban J connectivity index is 1.57. The second kappa shape index (κ2) is 7.49. The van der Waals surface area contributed by atoms with Gasteiger partial charge in [-0.05, 0) is 24.6 Å². The second-order valence-corrected chi connectivity index (χ2v) is 7.48. The number of nitrogens with zero attached hydrogens (tertiary/aromatic N) is 1. The Morgan fingerprint density at radius 3 is 2.85 bits per heavy atom. The van der Waals surface area contributed by atoms with Gasteiger partial charge in [-0.1, -0.05) is 35.9 Å². The molecule has 0 aromatic heterocycles. The predicted octanol–water partition coefficient (Wildman–Crippen LogP) is 3.76. The van der Waals surface area contributed by atoms with E-state index in [4.69, 9.17) is 16.3 Å². The summed E-state index contributed by atoms with van der Waals surface area (Å²) in [4.78, 5) is 15.2. The number of amides is 1. The van der Waals surface area contributed by atoms with Crippen LogP contribution >= 0.6 is 11.6 Å². The van der Waals surface area contributed by atoms with Crippen LogP contribution in [0.5, 0.6) is 5.75 Å². The van der Waals surface area contributed by atoms with Crippen LogP contribution in [0.15, 0.2) is 42.5 Å². The maximum Gasteiger partial charge on any atom is 0.226 e. The quantitative estimate of drug-likeness (QED) is 0.867. The minimum atomic E-state index is -0.329. The minimum absolute atomic E-state index is 0.0664. The van der Waals surface area contributed by atoms with Gasteiger partial charge >= 0.3 is 0 Å². The molecule has 1 aliphatic carbocycles. The fourth-order valence-corrected chi connectivity index (χ4v) is 4.36. The van der Waals surface area contributed by atoms with Crippen molar-refractivity contribution >= 4 is 17.5 Å². The average Bonchev–Trinajstić information content (AvgIpc) is 3.47. The van der Waals surface area contributed by atoms with Gasteiger partial charge in [0.2, 0.25) is 5.91 Å². The standard InChI is InChI=1S/C21H22ClFN2O2/c1-27-19-8-3-2-5-13(19)18-12-24-9-10-25(18)21(26)15-11-14(15)20-16(22)6-4-7-17(20)23/h2-8,14-15,18,24H,9-12H2,1H3. The fraction of sp³-hybridized carbons (Fsp3) is 0.381. The first kappa shape index (κ1) is 18.3. The van der Waals surface area contributed by atoms with Gasteiger partial charge in [-0.2, -0.15) is 0 Å². The minimum Gasteiger partial charge on any atom is -0.496 e. The molecular formula is C21H22ClFN2O2. The number of hydrogen-bond acceptors (Lipinski definition) is 3. The maximum absolute atomic E-state index is 14.2. The molecule has 1 amide bonds. The van der Waals surface area contributed by atoms with Crippen molar-refractivity contribution in [2.24, 2.45) is 5.92 Å². The smallest absolute Gasteiger partial charge is 0.226 e. The lowest BCUT2D eigenvalue weighted by Crippen LogP contribution is -2.49. The number of piperazine rings is 1. The third-order valence-corrected chi connectivity index (χ3v) is 5.83. The first-order valence-corrected chi connectivity index (χ1v) is 9.57. The molecule has 2 aliphatic rings. The van der Waals surface area contributed by atoms with Crippen LogP contribution in [0.1, 0.15) is 29.5 Å². The fourth-order valence-electron chi connectivity index (χ4n) is 4.05. The van der Waals surface area contributed by atoms with Crippen LogP contribution in [0, 0.1) is 11.7 Å². The third kappa shape index (κ3) is 3.42. The molecule has 1 saturated carbocycles. The summed E-state index contributed by atoms with van der Waals surface area (Å²) in [6.45, 7) is 2.04. The van der Waals surface area contributed by atoms with Crippen molar-refractivity contribution in [3.05, 3.63) is 64.4 Å². The number of rotatable bonds is 4. The highest BCUT2D eigenvalue weighted by atomic mass is 35.5. The van der Waals surface area contributed by atoms with Crippen molar-refractivity contribution in [1.29, 1.82) is 0 Å². The molecule has 2 aromatic rings. The highest BCUT2D eigenvalue weighted by Gasteiger charge is 2.49. The Labute approximate surface area is 163 Å². The van der Waals surface area contributed by atoms with E-state index < -0.39 is 0 Å². The van der Waals surface area contributed by atoms with E-state index in [1.165, 1.54) is 6.07 Å². The van der Waals surface area contributed by atoms with Crippen LogP contribution in [0.3, 0.4) is 0 Å². The molecule has 1 aliphatic heterocycles. The number of carbonyl (C=O) groups is 1. The third-order valence-electron chi connectivity index (χ3n) is 5.50. The summed E-state index contributed by atoms with van der Waals surface area (Å²) in [6, 6.07) is 12.4. The van der Waals surface area contributed by atoms with E-state index in [0.717, 1.165) is 17.9 Å². The highest BCUT2D eigenvalue weighted by molar-refractivity contribution is 6.31. The summed E-state index contributed by atoms with van der Waals surface area (Å²) >= 11 is 6.19. The molecule has 0 radical (unpaired) electrons. The first-order valence-electron chi connectivity index (χ1n) is 9.20. The van der Waals surface area contributed by atoms with Crippen LogP contribution in [0.4, 0.5) is 4.39 Å². The SMILES string of the molecule is COc1ccccc1C1CNCCN1C(=O)C1CC1c1c(F)cccc1Cl. The van der Waals surface area contributed by atoms with Gasteiger partial charge < -0.3 is 15.0 Å². The molecule has 0 spiro atoms. The molecule has 2 fully saturated rings. The molecular weight excluding hydrogens is 367 g/mol. The topological polar surface area (TPSA) is 41.6 Å². The zero-order valence-electron chi connectivity index (χ0n) is 15.1. The molecule has 2 aromatic carbocycles. The first-order chi connectivity index (χ1) is 13.1. The Bertz CT molecular complexity index is 840. The Morgan fingerprint density at radius 2 is 2.07 bits per heavy atom. The number of halogens is 2. The number of methoxy groups -OCH3 is 1. The van der Waals surface area contributed by atoms with Gasteiger partial charge in [0.1, 0.15) is 11.6 Å². The summed E-state index contributed by atoms with van der Waals surface area (Å²) in [5, 5.41) is 3.76. The van der Waals surface area contributed by atoms with Crippen LogP contribution in [0.2, 0.25) is 5.02 Å². The Kier molecular flexibility index (Phi) is 5.06. The number of ether oxygens (including phenoxy) is 1. The summed E-state index contributed by atoms with van der Waals surface area (Å²) in [5.41, 5.74) is 1.46. The lowest BCUT2D eigenvalue weighted by Gasteiger charge is -2.37. The van der Waals surface area contributed by atoms with E-state index in [2.05, 4.69) is 5.32 Å². The molecule has 1 N–H and O–H groups in total. The molecule has 27 heavy (non-hydrogen) atoms. The second-order valence-electron chi connectivity index (χ2n) is 7.08. The van der Waals surface area contributed by atoms with E-state index >= 15 is 0 Å². The predicted molar refractivity (Wildman–Crippen MR) is 103 cm³/mol. The van der Waals surface area contributed by atoms with E-state index in [1.54, 1.807) is 19.2 Å². The number of hydrogen-bond donors (Lipinski definition) is 1. The van der Waals surface area contributed by atoms with E-state index in [-0.39, 0.29) is 29.6 Å². The van der Waals surface area contributed by atoms with Gasteiger partial charge in [0, 0.05) is 47.6 Å². The van der Waals surface area contributed by atoms with E-state index in [1.807, 2.05) is 29.2 Å². The molecule has 1 heterocycles. The molecule has 4 nitrogen and oxygen atoms in total. The number of benzene rings is 2. The molecule has 1 saturated heterocycles. The van der Waals surface area contributed by atoms with Crippen molar-refractivity contribution in [3.63, 3.8) is 0 Å². The van der Waals surface area contributed by atoms with Crippen LogP contribution in [0.25, 0.3) is 0 Å². The number of para-hydroxylation sites is 1. The van der Waals surface area contributed by atoms with Gasteiger partial charge in [0.15, 0.2) is 0 Å². The van der Waals surface area contributed by atoms with Crippen molar-refractivity contribution in [3.8, 4) is 5.75 Å². The molecule has 3 atom stereocenters. The summed E-state index contributed by atoms with van der Waals surface area (Å²) < 4.78 is 19.7. The summed E-state index contributed by atoms with van der Waals surface area (Å²) in [6.07, 6.45) is 0.641. The summed E-state index contributed by atoms with van der Waals surface area (Å²) in [5.74, 6) is 0.156. The molecule has 6 heteroatoms. The maximum atomic E-state index is 14.2. The van der Waals surface area contributed by atoms with Gasteiger partial charge in [0.25, 0.3) is 0 Å². The number of nitrogens with one attached hydrogen (secondary N) is 1. The molecule has 4 rings (SSSR count). The van der Waals surface area contributed by atoms with Crippen molar-refractivity contribution in [2.45, 2.75) is 18.4 Å². The van der Waals surface area contributed by atoms with Crippen molar-refractivity contribution < 1.29 is 13.9 Å². The largest absolute Gasteiger partial charge is 0.496 e. The lowest BCUT2D eigenvalue weighted by molar-refractivity contribution is -0.136. The van der Waals surface area contributed by atoms with E-state index in [9.17, 15) is 9.18 Å². The van der Waals surface area contributed by atoms with Crippen LogP contribution in [-0.2, 0) is 4.79 Å². The van der Waals surface area contributed by atoms with Gasteiger partial charge in [-0.25, -0.2) is 4.39 Å². The number of carbonyl (C=O) groups excluding carboxylic acids is 1. The average molecular weight is 389 g/mol. The van der Waals surface area contributed by atoms with Gasteiger partial charge in [-0.15, -0.1) is 0 Å². The lowest BCUT2D eigenvalue weighted by atomic mass is 10.0. The molecule has 3 unspecified atom stereocenters. The van der Waals surface area contributed by atoms with Gasteiger partial charge in [-0.3, -0.25) is 4.79 Å². The zero-order valence-corrected chi connectivity index (χ0v) is 15.9. The van der Waals surface area contributed by atoms with E-state index in [0.29, 0.717) is 30.1 Å². The normalized spacial score (nSPS) is 24.6. The van der Waals surface area contributed by atoms with Crippen molar-refractivity contribution in [1.82, 2.24) is 10.2 Å². The van der Waals surface area contributed by atoms with Gasteiger partial charge in [0.05, 0.1) is 13.2 Å². The Morgan fingerprint density at radius 1 is 1.26 bits per heavy atom. The Hall–Kier alpha value is -2.11. The summed E-state index contributed by atoms with van der Waals surface area (Å²) in [7, 11) is 1.64. The monoisotopic (exact) mass is 388 g/mol. The van der Waals surface area contributed by atoms with Crippen molar-refractivity contribution in [2.75, 3.05) is 26.7 Å². The molecule has 142 valence electrons. The van der Waals surface area contributed by atoms with Crippen LogP contribution in [-0.4, -0.2) is 37.6 Å². The highest BCUT2D eigenvalue weighted by Crippen LogP contribution is 2.52.